The molecule has 0 spiro atoms. The molecule has 162 valence electrons. The molecule has 9 nitrogen and oxygen atoms in total. The number of carbonyl (C=O) groups is 2. The van der Waals surface area contributed by atoms with Gasteiger partial charge in [0.05, 0.1) is 12.0 Å². The maximum absolute atomic E-state index is 12.8. The van der Waals surface area contributed by atoms with Gasteiger partial charge in [0, 0.05) is 30.7 Å². The number of sulfonamides is 1. The highest BCUT2D eigenvalue weighted by molar-refractivity contribution is 7.89. The minimum Gasteiger partial charge on any atom is -0.496 e. The van der Waals surface area contributed by atoms with E-state index >= 15 is 0 Å². The fourth-order valence-electron chi connectivity index (χ4n) is 3.48. The summed E-state index contributed by atoms with van der Waals surface area (Å²) < 4.78 is 33.5. The number of methoxy groups -OCH3 is 1. The van der Waals surface area contributed by atoms with Gasteiger partial charge in [0.2, 0.25) is 10.0 Å². The molecule has 1 aliphatic rings. The Balaban J connectivity index is 2.28. The molecule has 3 amide bonds. The first-order valence-corrected chi connectivity index (χ1v) is 11.0. The fraction of sp³-hybridized carbons (Fsp3) is 0.579. The summed E-state index contributed by atoms with van der Waals surface area (Å²) in [6.45, 7) is 10.6. The molecule has 1 atom stereocenters. The maximum Gasteiger partial charge on any atom is 0.322 e. The van der Waals surface area contributed by atoms with Crippen LogP contribution in [0.1, 0.15) is 40.2 Å². The number of urea groups is 1. The van der Waals surface area contributed by atoms with Crippen molar-refractivity contribution in [3.8, 4) is 5.75 Å². The number of hydrogen-bond donors (Lipinski definition) is 3. The Morgan fingerprint density at radius 1 is 1.17 bits per heavy atom. The zero-order valence-corrected chi connectivity index (χ0v) is 18.5. The standard InChI is InChI=1S/C19H30N4O5S/c1-12(2)23(13(3)4)10-9-20-29(26,27)14-7-8-16(28-6)15(11-14)19(5)17(24)21-18(25)22-19/h7-8,11-13,20H,9-10H2,1-6H3,(H2,21,22,24,25)/t19-/m0/s1. The number of amides is 3. The summed E-state index contributed by atoms with van der Waals surface area (Å²) in [5.41, 5.74) is -1.17. The van der Waals surface area contributed by atoms with Crippen molar-refractivity contribution in [3.63, 3.8) is 0 Å². The van der Waals surface area contributed by atoms with Crippen molar-refractivity contribution < 1.29 is 22.7 Å². The minimum absolute atomic E-state index is 0.0101. The van der Waals surface area contributed by atoms with Crippen LogP contribution in [0, 0.1) is 0 Å². The zero-order valence-electron chi connectivity index (χ0n) is 17.7. The fourth-order valence-corrected chi connectivity index (χ4v) is 4.53. The van der Waals surface area contributed by atoms with E-state index in [-0.39, 0.29) is 29.1 Å². The van der Waals surface area contributed by atoms with Crippen molar-refractivity contribution in [3.05, 3.63) is 23.8 Å². The zero-order chi connectivity index (χ0) is 22.0. The molecular formula is C19H30N4O5S. The van der Waals surface area contributed by atoms with Crippen LogP contribution in [0.15, 0.2) is 23.1 Å². The van der Waals surface area contributed by atoms with Gasteiger partial charge in [-0.05, 0) is 52.8 Å². The second-order valence-corrected chi connectivity index (χ2v) is 9.49. The monoisotopic (exact) mass is 426 g/mol. The van der Waals surface area contributed by atoms with E-state index in [2.05, 4.69) is 48.0 Å². The van der Waals surface area contributed by atoms with Crippen LogP contribution in [0.2, 0.25) is 0 Å². The number of nitrogens with zero attached hydrogens (tertiary/aromatic N) is 1. The molecule has 0 bridgehead atoms. The van der Waals surface area contributed by atoms with Gasteiger partial charge in [0.1, 0.15) is 11.3 Å². The molecule has 1 saturated heterocycles. The second kappa shape index (κ2) is 8.68. The van der Waals surface area contributed by atoms with E-state index in [1.165, 1.54) is 32.2 Å². The predicted molar refractivity (Wildman–Crippen MR) is 109 cm³/mol. The third-order valence-electron chi connectivity index (χ3n) is 5.05. The van der Waals surface area contributed by atoms with Gasteiger partial charge in [-0.1, -0.05) is 0 Å². The lowest BCUT2D eigenvalue weighted by Gasteiger charge is -2.30. The largest absolute Gasteiger partial charge is 0.496 e. The molecule has 1 aromatic carbocycles. The highest BCUT2D eigenvalue weighted by Gasteiger charge is 2.45. The van der Waals surface area contributed by atoms with E-state index in [0.29, 0.717) is 12.3 Å². The number of carbonyl (C=O) groups excluding carboxylic acids is 2. The number of benzene rings is 1. The number of hydrogen-bond acceptors (Lipinski definition) is 6. The topological polar surface area (TPSA) is 117 Å². The Hall–Kier alpha value is -2.17. The van der Waals surface area contributed by atoms with Gasteiger partial charge >= 0.3 is 6.03 Å². The maximum atomic E-state index is 12.8. The second-order valence-electron chi connectivity index (χ2n) is 7.72. The summed E-state index contributed by atoms with van der Waals surface area (Å²) in [6, 6.07) is 4.17. The van der Waals surface area contributed by atoms with Crippen LogP contribution in [-0.2, 0) is 20.4 Å². The van der Waals surface area contributed by atoms with Crippen LogP contribution in [0.5, 0.6) is 5.75 Å². The van der Waals surface area contributed by atoms with Crippen molar-refractivity contribution in [1.82, 2.24) is 20.3 Å². The Morgan fingerprint density at radius 2 is 1.79 bits per heavy atom. The van der Waals surface area contributed by atoms with Gasteiger partial charge in [0.25, 0.3) is 5.91 Å². The molecule has 1 aromatic rings. The van der Waals surface area contributed by atoms with Gasteiger partial charge in [0.15, 0.2) is 0 Å². The Kier molecular flexibility index (Phi) is 6.92. The lowest BCUT2D eigenvalue weighted by atomic mass is 9.91. The lowest BCUT2D eigenvalue weighted by Crippen LogP contribution is -2.42. The molecule has 1 fully saturated rings. The first-order chi connectivity index (χ1) is 13.4. The van der Waals surface area contributed by atoms with Gasteiger partial charge in [-0.25, -0.2) is 17.9 Å². The van der Waals surface area contributed by atoms with Gasteiger partial charge in [-0.3, -0.25) is 15.0 Å². The Labute approximate surface area is 172 Å². The summed E-state index contributed by atoms with van der Waals surface area (Å²) in [6.07, 6.45) is 0. The average Bonchev–Trinajstić information content (AvgIpc) is 2.90. The van der Waals surface area contributed by atoms with E-state index in [4.69, 9.17) is 4.74 Å². The Morgan fingerprint density at radius 3 is 2.28 bits per heavy atom. The van der Waals surface area contributed by atoms with Gasteiger partial charge in [-0.2, -0.15) is 0 Å². The Bertz CT molecular complexity index is 877. The molecule has 2 rings (SSSR count). The molecule has 0 aromatic heterocycles. The van der Waals surface area contributed by atoms with E-state index in [0.717, 1.165) is 0 Å². The summed E-state index contributed by atoms with van der Waals surface area (Å²) >= 11 is 0. The smallest absolute Gasteiger partial charge is 0.322 e. The summed E-state index contributed by atoms with van der Waals surface area (Å²) in [5.74, 6) is -0.276. The van der Waals surface area contributed by atoms with Crippen LogP contribution >= 0.6 is 0 Å². The lowest BCUT2D eigenvalue weighted by molar-refractivity contribution is -0.123. The van der Waals surface area contributed by atoms with Crippen LogP contribution in [0.3, 0.4) is 0 Å². The first kappa shape index (κ1) is 23.1. The molecule has 0 aliphatic carbocycles. The third kappa shape index (κ3) is 4.88. The SMILES string of the molecule is COc1ccc(S(=O)(=O)NCCN(C(C)C)C(C)C)cc1[C@]1(C)NC(=O)NC1=O. The van der Waals surface area contributed by atoms with Crippen molar-refractivity contribution in [2.45, 2.75) is 57.1 Å². The highest BCUT2D eigenvalue weighted by atomic mass is 32.2. The first-order valence-electron chi connectivity index (χ1n) is 9.50. The average molecular weight is 427 g/mol. The molecule has 29 heavy (non-hydrogen) atoms. The highest BCUT2D eigenvalue weighted by Crippen LogP contribution is 2.34. The molecule has 0 radical (unpaired) electrons. The van der Waals surface area contributed by atoms with E-state index in [9.17, 15) is 18.0 Å². The minimum atomic E-state index is -3.82. The summed E-state index contributed by atoms with van der Waals surface area (Å²) in [7, 11) is -2.41. The predicted octanol–water partition coefficient (Wildman–Crippen LogP) is 1.15. The molecule has 1 heterocycles. The molecule has 0 unspecified atom stereocenters. The molecule has 1 aliphatic heterocycles. The molecular weight excluding hydrogens is 396 g/mol. The van der Waals surface area contributed by atoms with Crippen LogP contribution in [0.25, 0.3) is 0 Å². The third-order valence-corrected chi connectivity index (χ3v) is 6.51. The quantitative estimate of drug-likeness (QED) is 0.510. The van der Waals surface area contributed by atoms with Gasteiger partial charge < -0.3 is 10.1 Å². The van der Waals surface area contributed by atoms with Crippen LogP contribution in [0.4, 0.5) is 4.79 Å². The normalized spacial score (nSPS) is 19.8. The van der Waals surface area contributed by atoms with Crippen molar-refractivity contribution >= 4 is 22.0 Å². The van der Waals surface area contributed by atoms with E-state index in [1.54, 1.807) is 0 Å². The number of nitrogens with one attached hydrogen (secondary N) is 3. The van der Waals surface area contributed by atoms with Crippen molar-refractivity contribution in [2.24, 2.45) is 0 Å². The summed E-state index contributed by atoms with van der Waals surface area (Å²) in [5, 5.41) is 4.70. The molecule has 10 heteroatoms. The van der Waals surface area contributed by atoms with Gasteiger partial charge in [-0.15, -0.1) is 0 Å². The number of ether oxygens (including phenoxy) is 1. The van der Waals surface area contributed by atoms with E-state index in [1.807, 2.05) is 0 Å². The van der Waals surface area contributed by atoms with E-state index < -0.39 is 27.5 Å². The van der Waals surface area contributed by atoms with Crippen LogP contribution < -0.4 is 20.1 Å². The molecule has 3 N–H and O–H groups in total. The number of imide groups is 1. The van der Waals surface area contributed by atoms with Crippen molar-refractivity contribution in [1.29, 1.82) is 0 Å². The van der Waals surface area contributed by atoms with Crippen molar-refractivity contribution in [2.75, 3.05) is 20.2 Å². The molecule has 0 saturated carbocycles. The van der Waals surface area contributed by atoms with Crippen LogP contribution in [-0.4, -0.2) is 57.5 Å². The number of rotatable bonds is 9. The summed E-state index contributed by atoms with van der Waals surface area (Å²) in [4.78, 5) is 26.1.